The lowest BCUT2D eigenvalue weighted by Crippen LogP contribution is -2.44. The van der Waals surface area contributed by atoms with Crippen LogP contribution in [0.25, 0.3) is 0 Å². The molecule has 3 nitrogen and oxygen atoms in total. The first-order valence-corrected chi connectivity index (χ1v) is 6.92. The molecule has 1 aromatic rings. The largest absolute Gasteiger partial charge is 0.378 e. The Kier molecular flexibility index (Phi) is 4.72. The first kappa shape index (κ1) is 13.9. The van der Waals surface area contributed by atoms with E-state index < -0.39 is 0 Å². The van der Waals surface area contributed by atoms with Crippen molar-refractivity contribution in [3.05, 3.63) is 34.1 Å². The van der Waals surface area contributed by atoms with Crippen molar-refractivity contribution in [3.8, 4) is 0 Å². The van der Waals surface area contributed by atoms with Crippen molar-refractivity contribution >= 4 is 15.9 Å². The van der Waals surface area contributed by atoms with Crippen molar-refractivity contribution in [2.75, 3.05) is 6.61 Å². The second-order valence-corrected chi connectivity index (χ2v) is 5.61. The van der Waals surface area contributed by atoms with Crippen LogP contribution in [0.15, 0.2) is 22.7 Å². The van der Waals surface area contributed by atoms with Gasteiger partial charge in [-0.25, -0.2) is 4.39 Å². The molecular weight excluding hydrogens is 299 g/mol. The van der Waals surface area contributed by atoms with E-state index in [0.717, 1.165) is 25.0 Å². The topological polar surface area (TPSA) is 47.3 Å². The third-order valence-electron chi connectivity index (χ3n) is 3.61. The van der Waals surface area contributed by atoms with Gasteiger partial charge in [-0.15, -0.1) is 0 Å². The number of benzene rings is 1. The molecule has 0 amide bonds. The van der Waals surface area contributed by atoms with Crippen molar-refractivity contribution in [2.45, 2.75) is 31.9 Å². The molecule has 1 fully saturated rings. The number of nitrogens with one attached hydrogen (secondary N) is 1. The maximum Gasteiger partial charge on any atom is 0.137 e. The Morgan fingerprint density at radius 2 is 2.39 bits per heavy atom. The lowest BCUT2D eigenvalue weighted by atomic mass is 9.89. The fourth-order valence-electron chi connectivity index (χ4n) is 2.53. The van der Waals surface area contributed by atoms with Crippen LogP contribution in [0.3, 0.4) is 0 Å². The summed E-state index contributed by atoms with van der Waals surface area (Å²) >= 11 is 3.20. The van der Waals surface area contributed by atoms with Crippen molar-refractivity contribution in [3.63, 3.8) is 0 Å². The van der Waals surface area contributed by atoms with E-state index in [1.807, 2.05) is 0 Å². The monoisotopic (exact) mass is 316 g/mol. The molecule has 1 heterocycles. The molecule has 0 aromatic heterocycles. The molecule has 18 heavy (non-hydrogen) atoms. The van der Waals surface area contributed by atoms with Crippen LogP contribution in [0, 0.1) is 11.7 Å². The summed E-state index contributed by atoms with van der Waals surface area (Å²) in [4.78, 5) is 0. The molecule has 3 atom stereocenters. The van der Waals surface area contributed by atoms with Gasteiger partial charge in [0.15, 0.2) is 0 Å². The molecule has 1 aliphatic heterocycles. The Morgan fingerprint density at radius 1 is 1.61 bits per heavy atom. The van der Waals surface area contributed by atoms with Gasteiger partial charge in [0.2, 0.25) is 0 Å². The third kappa shape index (κ3) is 3.09. The summed E-state index contributed by atoms with van der Waals surface area (Å²) < 4.78 is 19.2. The van der Waals surface area contributed by atoms with Gasteiger partial charge in [0.1, 0.15) is 5.82 Å². The Morgan fingerprint density at radius 3 is 2.94 bits per heavy atom. The highest BCUT2D eigenvalue weighted by Gasteiger charge is 2.31. The number of rotatable bonds is 4. The Labute approximate surface area is 115 Å². The van der Waals surface area contributed by atoms with Gasteiger partial charge < -0.3 is 4.74 Å². The number of nitrogens with two attached hydrogens (primary N) is 1. The Hall–Kier alpha value is -0.490. The van der Waals surface area contributed by atoms with Gasteiger partial charge >= 0.3 is 0 Å². The molecule has 1 aliphatic rings. The highest BCUT2D eigenvalue weighted by atomic mass is 79.9. The first-order chi connectivity index (χ1) is 8.61. The maximum atomic E-state index is 13.2. The zero-order chi connectivity index (χ0) is 13.1. The molecule has 0 aliphatic carbocycles. The molecular formula is C13H18BrFN2O. The third-order valence-corrected chi connectivity index (χ3v) is 4.21. The van der Waals surface area contributed by atoms with E-state index in [1.54, 1.807) is 12.1 Å². The SMILES string of the molecule is CC1OCCC1C(Cc1ccc(F)c(Br)c1)NN. The molecule has 2 rings (SSSR count). The summed E-state index contributed by atoms with van der Waals surface area (Å²) in [5.41, 5.74) is 3.93. The molecule has 1 aromatic carbocycles. The lowest BCUT2D eigenvalue weighted by molar-refractivity contribution is 0.0954. The van der Waals surface area contributed by atoms with Gasteiger partial charge in [0, 0.05) is 18.6 Å². The predicted molar refractivity (Wildman–Crippen MR) is 72.4 cm³/mol. The average molecular weight is 317 g/mol. The van der Waals surface area contributed by atoms with Gasteiger partial charge in [0.25, 0.3) is 0 Å². The van der Waals surface area contributed by atoms with E-state index in [1.165, 1.54) is 6.07 Å². The second kappa shape index (κ2) is 6.10. The van der Waals surface area contributed by atoms with E-state index in [4.69, 9.17) is 10.6 Å². The summed E-state index contributed by atoms with van der Waals surface area (Å²) in [6.45, 7) is 2.86. The van der Waals surface area contributed by atoms with E-state index in [9.17, 15) is 4.39 Å². The van der Waals surface area contributed by atoms with Crippen LogP contribution in [-0.2, 0) is 11.2 Å². The van der Waals surface area contributed by atoms with Crippen LogP contribution in [-0.4, -0.2) is 18.8 Å². The summed E-state index contributed by atoms with van der Waals surface area (Å²) in [5, 5.41) is 0. The highest BCUT2D eigenvalue weighted by Crippen LogP contribution is 2.26. The summed E-state index contributed by atoms with van der Waals surface area (Å²) in [5.74, 6) is 5.80. The van der Waals surface area contributed by atoms with Gasteiger partial charge in [-0.3, -0.25) is 11.3 Å². The minimum Gasteiger partial charge on any atom is -0.378 e. The Bertz CT molecular complexity index is 416. The van der Waals surface area contributed by atoms with Gasteiger partial charge in [-0.1, -0.05) is 6.07 Å². The zero-order valence-corrected chi connectivity index (χ0v) is 11.9. The van der Waals surface area contributed by atoms with Crippen molar-refractivity contribution < 1.29 is 9.13 Å². The minimum atomic E-state index is -0.242. The number of ether oxygens (including phenoxy) is 1. The smallest absolute Gasteiger partial charge is 0.137 e. The number of halogens is 2. The van der Waals surface area contributed by atoms with Gasteiger partial charge in [-0.2, -0.15) is 0 Å². The fraction of sp³-hybridized carbons (Fsp3) is 0.538. The molecule has 0 bridgehead atoms. The van der Waals surface area contributed by atoms with Crippen molar-refractivity contribution in [1.29, 1.82) is 0 Å². The fourth-order valence-corrected chi connectivity index (χ4v) is 2.96. The number of hydrogen-bond donors (Lipinski definition) is 2. The van der Waals surface area contributed by atoms with E-state index in [2.05, 4.69) is 28.3 Å². The second-order valence-electron chi connectivity index (χ2n) is 4.75. The normalized spacial score (nSPS) is 25.3. The molecule has 3 N–H and O–H groups in total. The lowest BCUT2D eigenvalue weighted by Gasteiger charge is -2.25. The van der Waals surface area contributed by atoms with Gasteiger partial charge in [0.05, 0.1) is 10.6 Å². The van der Waals surface area contributed by atoms with Crippen LogP contribution in [0.1, 0.15) is 18.9 Å². The molecule has 1 saturated heterocycles. The number of hydrogen-bond acceptors (Lipinski definition) is 3. The van der Waals surface area contributed by atoms with Crippen LogP contribution < -0.4 is 11.3 Å². The first-order valence-electron chi connectivity index (χ1n) is 6.13. The summed E-state index contributed by atoms with van der Waals surface area (Å²) in [6, 6.07) is 5.23. The quantitative estimate of drug-likeness (QED) is 0.662. The number of hydrazine groups is 1. The molecule has 3 unspecified atom stereocenters. The summed E-state index contributed by atoms with van der Waals surface area (Å²) in [6.07, 6.45) is 2.00. The molecule has 100 valence electrons. The standard InChI is InChI=1S/C13H18BrFN2O/c1-8-10(4-5-18-8)13(17-16)7-9-2-3-12(15)11(14)6-9/h2-3,6,8,10,13,17H,4-5,7,16H2,1H3. The maximum absolute atomic E-state index is 13.2. The van der Waals surface area contributed by atoms with E-state index >= 15 is 0 Å². The van der Waals surface area contributed by atoms with Crippen LogP contribution in [0.5, 0.6) is 0 Å². The van der Waals surface area contributed by atoms with E-state index in [-0.39, 0.29) is 18.0 Å². The van der Waals surface area contributed by atoms with Crippen molar-refractivity contribution in [1.82, 2.24) is 5.43 Å². The van der Waals surface area contributed by atoms with Crippen molar-refractivity contribution in [2.24, 2.45) is 11.8 Å². The van der Waals surface area contributed by atoms with Crippen LogP contribution >= 0.6 is 15.9 Å². The average Bonchev–Trinajstić information content (AvgIpc) is 2.77. The Balaban J connectivity index is 2.07. The highest BCUT2D eigenvalue weighted by molar-refractivity contribution is 9.10. The minimum absolute atomic E-state index is 0.153. The van der Waals surface area contributed by atoms with Gasteiger partial charge in [-0.05, 0) is 53.4 Å². The predicted octanol–water partition coefficient (Wildman–Crippen LogP) is 2.39. The van der Waals surface area contributed by atoms with E-state index in [0.29, 0.717) is 10.4 Å². The molecule has 0 saturated carbocycles. The molecule has 0 radical (unpaired) electrons. The zero-order valence-electron chi connectivity index (χ0n) is 10.3. The van der Waals surface area contributed by atoms with Crippen LogP contribution in [0.2, 0.25) is 0 Å². The molecule has 0 spiro atoms. The van der Waals surface area contributed by atoms with Crippen LogP contribution in [0.4, 0.5) is 4.39 Å². The molecule has 5 heteroatoms. The summed E-state index contributed by atoms with van der Waals surface area (Å²) in [7, 11) is 0.